The summed E-state index contributed by atoms with van der Waals surface area (Å²) in [6, 6.07) is 3.24. The van der Waals surface area contributed by atoms with Gasteiger partial charge < -0.3 is 9.52 Å². The molecule has 0 aliphatic rings. The van der Waals surface area contributed by atoms with Crippen LogP contribution in [0.3, 0.4) is 0 Å². The highest BCUT2D eigenvalue weighted by atomic mass is 16.4. The van der Waals surface area contributed by atoms with Crippen molar-refractivity contribution in [3.63, 3.8) is 0 Å². The number of furan rings is 1. The second-order valence-electron chi connectivity index (χ2n) is 1.82. The Kier molecular flexibility index (Phi) is 1.69. The number of carbonyl (C=O) groups is 1. The Labute approximate surface area is 59.7 Å². The molecule has 0 bridgehead atoms. The zero-order valence-corrected chi connectivity index (χ0v) is 5.28. The Morgan fingerprint density at radius 2 is 2.70 bits per heavy atom. The van der Waals surface area contributed by atoms with Gasteiger partial charge in [0, 0.05) is 7.77 Å². The molecular formula is C7H8O3. The van der Waals surface area contributed by atoms with Crippen LogP contribution in [0, 0.1) is 0 Å². The molecule has 3 heteroatoms. The molecule has 10 heavy (non-hydrogen) atoms. The molecule has 0 aliphatic carbocycles. The quantitative estimate of drug-likeness (QED) is 0.690. The number of rotatable bonds is 3. The maximum absolute atomic E-state index is 10.1. The van der Waals surface area contributed by atoms with E-state index in [1.54, 1.807) is 12.1 Å². The van der Waals surface area contributed by atoms with E-state index in [9.17, 15) is 4.79 Å². The molecule has 1 aromatic heterocycles. The van der Waals surface area contributed by atoms with Crippen molar-refractivity contribution in [3.8, 4) is 0 Å². The minimum atomic E-state index is -0.985. The predicted molar refractivity (Wildman–Crippen MR) is 34.7 cm³/mol. The standard InChI is InChI=1S/C7H8O3/c8-7(9)4-3-6-2-1-5-10-6/h1-2,5H,3-4H2,(H,8,9)/i3D. The van der Waals surface area contributed by atoms with E-state index < -0.39 is 12.4 Å². The van der Waals surface area contributed by atoms with Gasteiger partial charge in [-0.15, -0.1) is 0 Å². The zero-order chi connectivity index (χ0) is 8.27. The first kappa shape index (κ1) is 5.53. The number of aliphatic carboxylic acids is 1. The number of carboxylic acid groups (broad SMARTS) is 1. The maximum Gasteiger partial charge on any atom is 0.303 e. The summed E-state index contributed by atoms with van der Waals surface area (Å²) in [6.45, 7) is 0. The van der Waals surface area contributed by atoms with Crippen molar-refractivity contribution in [2.45, 2.75) is 12.8 Å². The molecule has 54 valence electrons. The number of hydrogen-bond donors (Lipinski definition) is 1. The molecule has 0 spiro atoms. The molecule has 0 saturated heterocycles. The average Bonchev–Trinajstić information content (AvgIpc) is 2.35. The number of aryl methyl sites for hydroxylation is 1. The molecular weight excluding hydrogens is 132 g/mol. The van der Waals surface area contributed by atoms with Crippen molar-refractivity contribution in [2.75, 3.05) is 0 Å². The van der Waals surface area contributed by atoms with Crippen LogP contribution < -0.4 is 0 Å². The van der Waals surface area contributed by atoms with E-state index in [4.69, 9.17) is 10.9 Å². The van der Waals surface area contributed by atoms with Gasteiger partial charge >= 0.3 is 5.97 Å². The zero-order valence-electron chi connectivity index (χ0n) is 6.28. The first-order chi connectivity index (χ1) is 5.20. The Morgan fingerprint density at radius 1 is 1.90 bits per heavy atom. The molecule has 1 heterocycles. The van der Waals surface area contributed by atoms with E-state index >= 15 is 0 Å². The van der Waals surface area contributed by atoms with Crippen LogP contribution in [0.5, 0.6) is 0 Å². The van der Waals surface area contributed by atoms with Gasteiger partial charge in [-0.2, -0.15) is 0 Å². The molecule has 0 aromatic carbocycles. The minimum absolute atomic E-state index is 0.215. The van der Waals surface area contributed by atoms with Gasteiger partial charge in [0.05, 0.1) is 12.7 Å². The fourth-order valence-electron chi connectivity index (χ4n) is 0.595. The van der Waals surface area contributed by atoms with Gasteiger partial charge in [-0.3, -0.25) is 4.79 Å². The van der Waals surface area contributed by atoms with Gasteiger partial charge in [0.25, 0.3) is 0 Å². The second kappa shape index (κ2) is 3.06. The third kappa shape index (κ3) is 1.93. The molecule has 1 aromatic rings. The molecule has 0 saturated carbocycles. The molecule has 1 N–H and O–H groups in total. The van der Waals surface area contributed by atoms with Crippen LogP contribution >= 0.6 is 0 Å². The maximum atomic E-state index is 10.1. The van der Waals surface area contributed by atoms with Crippen LogP contribution in [0.2, 0.25) is 0 Å². The normalized spacial score (nSPS) is 14.2. The monoisotopic (exact) mass is 141 g/mol. The topological polar surface area (TPSA) is 50.4 Å². The Balaban J connectivity index is 2.56. The van der Waals surface area contributed by atoms with E-state index in [1.165, 1.54) is 6.26 Å². The fourth-order valence-corrected chi connectivity index (χ4v) is 0.595. The lowest BCUT2D eigenvalue weighted by Gasteiger charge is -1.89. The lowest BCUT2D eigenvalue weighted by molar-refractivity contribution is -0.137. The van der Waals surface area contributed by atoms with Crippen LogP contribution in [0.4, 0.5) is 0 Å². The fraction of sp³-hybridized carbons (Fsp3) is 0.286. The van der Waals surface area contributed by atoms with E-state index in [0.717, 1.165) is 0 Å². The molecule has 0 radical (unpaired) electrons. The van der Waals surface area contributed by atoms with Crippen LogP contribution in [-0.4, -0.2) is 11.1 Å². The summed E-state index contributed by atoms with van der Waals surface area (Å²) >= 11 is 0. The smallest absolute Gasteiger partial charge is 0.303 e. The predicted octanol–water partition coefficient (Wildman–Crippen LogP) is 1.30. The summed E-state index contributed by atoms with van der Waals surface area (Å²) in [5.41, 5.74) is 0. The molecule has 1 unspecified atom stereocenters. The Hall–Kier alpha value is -1.25. The first-order valence-electron chi connectivity index (χ1n) is 3.45. The van der Waals surface area contributed by atoms with E-state index in [-0.39, 0.29) is 6.42 Å². The third-order valence-corrected chi connectivity index (χ3v) is 1.02. The highest BCUT2D eigenvalue weighted by Crippen LogP contribution is 2.02. The highest BCUT2D eigenvalue weighted by molar-refractivity contribution is 5.66. The summed E-state index contributed by atoms with van der Waals surface area (Å²) < 4.78 is 12.1. The molecule has 3 nitrogen and oxygen atoms in total. The van der Waals surface area contributed by atoms with Gasteiger partial charge in [-0.25, -0.2) is 0 Å². The number of carboxylic acids is 1. The van der Waals surface area contributed by atoms with Crippen molar-refractivity contribution < 1.29 is 15.7 Å². The summed E-state index contributed by atoms with van der Waals surface area (Å²) in [5, 5.41) is 8.32. The third-order valence-electron chi connectivity index (χ3n) is 1.02. The highest BCUT2D eigenvalue weighted by Gasteiger charge is 1.99. The van der Waals surface area contributed by atoms with Gasteiger partial charge in [0.1, 0.15) is 5.76 Å². The minimum Gasteiger partial charge on any atom is -0.481 e. The van der Waals surface area contributed by atoms with Crippen molar-refractivity contribution in [1.82, 2.24) is 0 Å². The summed E-state index contributed by atoms with van der Waals surface area (Å²) in [4.78, 5) is 10.1. The molecule has 1 atom stereocenters. The van der Waals surface area contributed by atoms with Crippen LogP contribution in [-0.2, 0) is 11.2 Å². The first-order valence-corrected chi connectivity index (χ1v) is 2.87. The van der Waals surface area contributed by atoms with E-state index in [2.05, 4.69) is 0 Å². The van der Waals surface area contributed by atoms with Crippen molar-refractivity contribution in [3.05, 3.63) is 24.2 Å². The largest absolute Gasteiger partial charge is 0.481 e. The molecule has 1 rings (SSSR count). The van der Waals surface area contributed by atoms with Crippen molar-refractivity contribution in [2.24, 2.45) is 0 Å². The SMILES string of the molecule is [2H]C(CC(=O)O)c1ccco1. The van der Waals surface area contributed by atoms with Gasteiger partial charge in [-0.05, 0) is 12.1 Å². The van der Waals surface area contributed by atoms with E-state index in [1.807, 2.05) is 0 Å². The molecule has 0 aliphatic heterocycles. The summed E-state index contributed by atoms with van der Waals surface area (Å²) in [7, 11) is 0. The van der Waals surface area contributed by atoms with Crippen LogP contribution in [0.25, 0.3) is 0 Å². The number of hydrogen-bond acceptors (Lipinski definition) is 2. The molecule has 0 fully saturated rings. The second-order valence-corrected chi connectivity index (χ2v) is 1.82. The van der Waals surface area contributed by atoms with Crippen LogP contribution in [0.15, 0.2) is 22.8 Å². The molecule has 0 amide bonds. The van der Waals surface area contributed by atoms with E-state index in [0.29, 0.717) is 5.76 Å². The average molecular weight is 141 g/mol. The van der Waals surface area contributed by atoms with Crippen LogP contribution in [0.1, 0.15) is 13.6 Å². The Morgan fingerprint density at radius 3 is 3.20 bits per heavy atom. The van der Waals surface area contributed by atoms with Gasteiger partial charge in [0.15, 0.2) is 0 Å². The van der Waals surface area contributed by atoms with Gasteiger partial charge in [0.2, 0.25) is 0 Å². The van der Waals surface area contributed by atoms with Crippen molar-refractivity contribution in [1.29, 1.82) is 0 Å². The summed E-state index contributed by atoms with van der Waals surface area (Å²) in [5.74, 6) is -0.589. The lowest BCUT2D eigenvalue weighted by Crippen LogP contribution is -1.95. The Bertz CT molecular complexity index is 230. The van der Waals surface area contributed by atoms with Crippen molar-refractivity contribution >= 4 is 5.97 Å². The van der Waals surface area contributed by atoms with Gasteiger partial charge in [-0.1, -0.05) is 0 Å². The lowest BCUT2D eigenvalue weighted by atomic mass is 10.2. The summed E-state index contributed by atoms with van der Waals surface area (Å²) in [6.07, 6.45) is 0.425.